The first-order valence-electron chi connectivity index (χ1n) is 3.25. The lowest BCUT2D eigenvalue weighted by atomic mass is 10.6. The van der Waals surface area contributed by atoms with Crippen LogP contribution in [0.15, 0.2) is 12.3 Å². The Kier molecular flexibility index (Phi) is 2.27. The average Bonchev–Trinajstić information content (AvgIpc) is 1.82. The number of aromatic nitrogens is 2. The van der Waals surface area contributed by atoms with Gasteiger partial charge in [-0.1, -0.05) is 0 Å². The van der Waals surface area contributed by atoms with Crippen LogP contribution in [0.3, 0.4) is 0 Å². The lowest BCUT2D eigenvalue weighted by Gasteiger charge is -2.01. The van der Waals surface area contributed by atoms with Gasteiger partial charge < -0.3 is 0 Å². The Labute approximate surface area is 70.9 Å². The summed E-state index contributed by atoms with van der Waals surface area (Å²) in [4.78, 5) is 7.68. The molecule has 1 aromatic rings. The van der Waals surface area contributed by atoms with E-state index in [1.54, 1.807) is 6.92 Å². The van der Waals surface area contributed by atoms with E-state index in [1.165, 1.54) is 12.3 Å². The molecule has 0 fully saturated rings. The molecule has 0 aliphatic heterocycles. The maximum absolute atomic E-state index is 10.7. The molecule has 5 nitrogen and oxygen atoms in total. The van der Waals surface area contributed by atoms with E-state index < -0.39 is 10.0 Å². The molecule has 0 aliphatic carbocycles. The van der Waals surface area contributed by atoms with Crippen molar-refractivity contribution in [1.29, 1.82) is 0 Å². The van der Waals surface area contributed by atoms with E-state index in [2.05, 4.69) is 14.7 Å². The maximum Gasteiger partial charge on any atom is 0.230 e. The molecule has 0 saturated carbocycles. The summed E-state index contributed by atoms with van der Waals surface area (Å²) in [6, 6.07) is 1.49. The molecule has 0 saturated heterocycles. The third-order valence-corrected chi connectivity index (χ3v) is 1.65. The summed E-state index contributed by atoms with van der Waals surface area (Å²) in [7, 11) is -3.23. The highest BCUT2D eigenvalue weighted by Crippen LogP contribution is 2.02. The van der Waals surface area contributed by atoms with E-state index in [0.717, 1.165) is 6.26 Å². The van der Waals surface area contributed by atoms with Crippen LogP contribution >= 0.6 is 0 Å². The van der Waals surface area contributed by atoms with Gasteiger partial charge in [0.1, 0.15) is 11.6 Å². The highest BCUT2D eigenvalue weighted by molar-refractivity contribution is 7.92. The van der Waals surface area contributed by atoms with Gasteiger partial charge in [-0.15, -0.1) is 0 Å². The van der Waals surface area contributed by atoms with Crippen LogP contribution < -0.4 is 4.72 Å². The van der Waals surface area contributed by atoms with E-state index in [-0.39, 0.29) is 0 Å². The van der Waals surface area contributed by atoms with Gasteiger partial charge in [0.15, 0.2) is 0 Å². The highest BCUT2D eigenvalue weighted by Gasteiger charge is 2.01. The number of nitrogens with zero attached hydrogens (tertiary/aromatic N) is 2. The maximum atomic E-state index is 10.7. The molecular weight excluding hydrogens is 178 g/mol. The third kappa shape index (κ3) is 2.83. The number of hydrogen-bond donors (Lipinski definition) is 1. The van der Waals surface area contributed by atoms with Crippen molar-refractivity contribution in [2.75, 3.05) is 11.0 Å². The smallest absolute Gasteiger partial charge is 0.230 e. The Hall–Kier alpha value is -1.17. The van der Waals surface area contributed by atoms with E-state index in [4.69, 9.17) is 0 Å². The quantitative estimate of drug-likeness (QED) is 0.715. The minimum Gasteiger partial charge on any atom is -0.267 e. The molecule has 1 N–H and O–H groups in total. The second kappa shape index (κ2) is 3.06. The van der Waals surface area contributed by atoms with E-state index >= 15 is 0 Å². The monoisotopic (exact) mass is 187 g/mol. The molecule has 12 heavy (non-hydrogen) atoms. The van der Waals surface area contributed by atoms with Crippen LogP contribution in [0.4, 0.5) is 5.82 Å². The summed E-state index contributed by atoms with van der Waals surface area (Å²) in [5, 5.41) is 0. The molecule has 0 unspecified atom stereocenters. The van der Waals surface area contributed by atoms with Gasteiger partial charge in [0, 0.05) is 6.20 Å². The van der Waals surface area contributed by atoms with Gasteiger partial charge in [-0.25, -0.2) is 18.4 Å². The second-order valence-corrected chi connectivity index (χ2v) is 4.11. The molecule has 1 rings (SSSR count). The fourth-order valence-corrected chi connectivity index (χ4v) is 1.20. The van der Waals surface area contributed by atoms with E-state index in [0.29, 0.717) is 11.6 Å². The second-order valence-electron chi connectivity index (χ2n) is 2.36. The van der Waals surface area contributed by atoms with Crippen LogP contribution in [0.2, 0.25) is 0 Å². The molecule has 6 heteroatoms. The number of anilines is 1. The Morgan fingerprint density at radius 3 is 2.67 bits per heavy atom. The van der Waals surface area contributed by atoms with Crippen LogP contribution in [0.25, 0.3) is 0 Å². The van der Waals surface area contributed by atoms with Crippen LogP contribution in [0, 0.1) is 6.92 Å². The predicted octanol–water partition coefficient (Wildman–Crippen LogP) is 0.157. The Morgan fingerprint density at radius 2 is 2.17 bits per heavy atom. The van der Waals surface area contributed by atoms with Gasteiger partial charge in [-0.05, 0) is 13.0 Å². The minimum absolute atomic E-state index is 0.296. The zero-order valence-corrected chi connectivity index (χ0v) is 7.59. The van der Waals surface area contributed by atoms with Crippen molar-refractivity contribution in [3.8, 4) is 0 Å². The van der Waals surface area contributed by atoms with Crippen molar-refractivity contribution >= 4 is 15.8 Å². The number of sulfonamides is 1. The molecular formula is C6H9N3O2S. The first kappa shape index (κ1) is 8.92. The van der Waals surface area contributed by atoms with Crippen LogP contribution in [0.1, 0.15) is 5.82 Å². The van der Waals surface area contributed by atoms with Crippen molar-refractivity contribution in [2.45, 2.75) is 6.92 Å². The molecule has 0 bridgehead atoms. The van der Waals surface area contributed by atoms with E-state index in [9.17, 15) is 8.42 Å². The fraction of sp³-hybridized carbons (Fsp3) is 0.333. The van der Waals surface area contributed by atoms with Gasteiger partial charge in [0.25, 0.3) is 0 Å². The Morgan fingerprint density at radius 1 is 1.50 bits per heavy atom. The Balaban J connectivity index is 2.91. The number of rotatable bonds is 2. The molecule has 1 heterocycles. The number of hydrogen-bond acceptors (Lipinski definition) is 4. The van der Waals surface area contributed by atoms with Crippen molar-refractivity contribution in [3.63, 3.8) is 0 Å². The molecule has 0 aliphatic rings. The van der Waals surface area contributed by atoms with Gasteiger partial charge in [-0.2, -0.15) is 0 Å². The van der Waals surface area contributed by atoms with Gasteiger partial charge in [-0.3, -0.25) is 4.72 Å². The van der Waals surface area contributed by atoms with Crippen LogP contribution in [-0.4, -0.2) is 24.6 Å². The summed E-state index contributed by atoms with van der Waals surface area (Å²) >= 11 is 0. The van der Waals surface area contributed by atoms with Crippen molar-refractivity contribution in [2.24, 2.45) is 0 Å². The van der Waals surface area contributed by atoms with Gasteiger partial charge >= 0.3 is 0 Å². The lowest BCUT2D eigenvalue weighted by Crippen LogP contribution is -2.11. The van der Waals surface area contributed by atoms with Crippen LogP contribution in [-0.2, 0) is 10.0 Å². The summed E-state index contributed by atoms with van der Waals surface area (Å²) in [5.74, 6) is 0.827. The fourth-order valence-electron chi connectivity index (χ4n) is 0.703. The number of nitrogens with one attached hydrogen (secondary N) is 1. The third-order valence-electron chi connectivity index (χ3n) is 1.07. The molecule has 0 aromatic carbocycles. The molecule has 0 atom stereocenters. The summed E-state index contributed by atoms with van der Waals surface area (Å²) in [6.45, 7) is 1.69. The zero-order chi connectivity index (χ0) is 9.19. The summed E-state index contributed by atoms with van der Waals surface area (Å²) in [5.41, 5.74) is 0. The zero-order valence-electron chi connectivity index (χ0n) is 6.77. The summed E-state index contributed by atoms with van der Waals surface area (Å²) < 4.78 is 23.7. The van der Waals surface area contributed by atoms with Crippen molar-refractivity contribution < 1.29 is 8.42 Å². The first-order chi connectivity index (χ1) is 5.47. The standard InChI is InChI=1S/C6H9N3O2S/c1-5-7-4-3-6(8-5)9-12(2,10)11/h3-4H,1-2H3,(H,7,8,9). The van der Waals surface area contributed by atoms with Gasteiger partial charge in [0.2, 0.25) is 10.0 Å². The number of aryl methyl sites for hydroxylation is 1. The minimum atomic E-state index is -3.23. The molecule has 0 spiro atoms. The van der Waals surface area contributed by atoms with Crippen molar-refractivity contribution in [1.82, 2.24) is 9.97 Å². The molecule has 66 valence electrons. The normalized spacial score (nSPS) is 11.2. The molecule has 0 amide bonds. The van der Waals surface area contributed by atoms with E-state index in [1.807, 2.05) is 0 Å². The Bertz CT molecular complexity index is 374. The largest absolute Gasteiger partial charge is 0.267 e. The molecule has 0 radical (unpaired) electrons. The van der Waals surface area contributed by atoms with Crippen LogP contribution in [0.5, 0.6) is 0 Å². The van der Waals surface area contributed by atoms with Gasteiger partial charge in [0.05, 0.1) is 6.26 Å². The highest BCUT2D eigenvalue weighted by atomic mass is 32.2. The topological polar surface area (TPSA) is 72.0 Å². The predicted molar refractivity (Wildman–Crippen MR) is 45.2 cm³/mol. The lowest BCUT2D eigenvalue weighted by molar-refractivity contribution is 0.606. The first-order valence-corrected chi connectivity index (χ1v) is 5.14. The van der Waals surface area contributed by atoms with Crippen molar-refractivity contribution in [3.05, 3.63) is 18.1 Å². The average molecular weight is 187 g/mol. The SMILES string of the molecule is Cc1nccc(NS(C)(=O)=O)n1. The molecule has 1 aromatic heterocycles. The summed E-state index contributed by atoms with van der Waals surface area (Å²) in [6.07, 6.45) is 2.57.